The molecule has 156 valence electrons. The van der Waals surface area contributed by atoms with Gasteiger partial charge in [-0.3, -0.25) is 0 Å². The minimum Gasteiger partial charge on any atom is -0.360 e. The fourth-order valence-electron chi connectivity index (χ4n) is 3.82. The Labute approximate surface area is 184 Å². The van der Waals surface area contributed by atoms with Gasteiger partial charge in [-0.1, -0.05) is 53.6 Å². The number of carbonyl (C=O) groups excluding carboxylic acids is 1. The number of aryl methyl sites for hydroxylation is 1. The number of ether oxygens (including phenoxy) is 1. The minimum absolute atomic E-state index is 0.450. The number of hydrogen-bond donors (Lipinski definition) is 0. The molecule has 3 heteroatoms. The maximum Gasteiger partial charge on any atom is 0.153 e. The van der Waals surface area contributed by atoms with E-state index in [0.29, 0.717) is 5.02 Å². The maximum absolute atomic E-state index is 12.2. The number of hydrogen-bond acceptors (Lipinski definition) is 2. The molecule has 0 aromatic heterocycles. The van der Waals surface area contributed by atoms with Gasteiger partial charge in [0.05, 0.1) is 5.60 Å². The van der Waals surface area contributed by atoms with Crippen molar-refractivity contribution in [2.45, 2.75) is 53.2 Å². The lowest BCUT2D eigenvalue weighted by Crippen LogP contribution is -2.24. The van der Waals surface area contributed by atoms with E-state index in [1.807, 2.05) is 52.0 Å². The normalized spacial score (nSPS) is 12.6. The molecule has 0 saturated heterocycles. The first kappa shape index (κ1) is 22.3. The highest BCUT2D eigenvalue weighted by Crippen LogP contribution is 2.40. The molecular formula is C27H29ClO2. The molecule has 0 heterocycles. The van der Waals surface area contributed by atoms with Crippen LogP contribution < -0.4 is 0 Å². The third kappa shape index (κ3) is 5.00. The molecule has 3 aromatic rings. The summed E-state index contributed by atoms with van der Waals surface area (Å²) in [6, 6.07) is 16.4. The predicted molar refractivity (Wildman–Crippen MR) is 128 cm³/mol. The second-order valence-electron chi connectivity index (χ2n) is 8.98. The second kappa shape index (κ2) is 8.75. The molecule has 1 atom stereocenters. The Morgan fingerprint density at radius 1 is 1.03 bits per heavy atom. The summed E-state index contributed by atoms with van der Waals surface area (Å²) in [5.74, 6) is 0. The van der Waals surface area contributed by atoms with E-state index in [-0.39, 0.29) is 0 Å². The van der Waals surface area contributed by atoms with Gasteiger partial charge in [0.1, 0.15) is 6.10 Å². The third-order valence-corrected chi connectivity index (χ3v) is 5.14. The lowest BCUT2D eigenvalue weighted by atomic mass is 9.87. The molecule has 0 N–H and O–H groups in total. The zero-order chi connectivity index (χ0) is 22.1. The summed E-state index contributed by atoms with van der Waals surface area (Å²) in [5, 5.41) is 2.91. The highest BCUT2D eigenvalue weighted by atomic mass is 35.5. The molecule has 0 amide bonds. The van der Waals surface area contributed by atoms with E-state index in [1.54, 1.807) is 0 Å². The van der Waals surface area contributed by atoms with Crippen molar-refractivity contribution in [2.24, 2.45) is 0 Å². The van der Waals surface area contributed by atoms with Crippen molar-refractivity contribution in [1.82, 2.24) is 0 Å². The Hall–Kier alpha value is -2.42. The number of aldehydes is 1. The number of benzene rings is 3. The van der Waals surface area contributed by atoms with Crippen molar-refractivity contribution in [3.63, 3.8) is 0 Å². The van der Waals surface area contributed by atoms with E-state index in [4.69, 9.17) is 16.3 Å². The van der Waals surface area contributed by atoms with E-state index >= 15 is 0 Å². The summed E-state index contributed by atoms with van der Waals surface area (Å²) in [6.07, 6.45) is 2.40. The van der Waals surface area contributed by atoms with Crippen LogP contribution in [0.4, 0.5) is 0 Å². The van der Waals surface area contributed by atoms with Gasteiger partial charge in [-0.2, -0.15) is 0 Å². The van der Waals surface area contributed by atoms with Gasteiger partial charge in [0.25, 0.3) is 0 Å². The first-order valence-corrected chi connectivity index (χ1v) is 10.6. The van der Waals surface area contributed by atoms with Crippen molar-refractivity contribution < 1.29 is 9.53 Å². The molecule has 3 aromatic carbocycles. The average Bonchev–Trinajstić information content (AvgIpc) is 2.65. The minimum atomic E-state index is -0.660. The van der Waals surface area contributed by atoms with Crippen LogP contribution in [0.3, 0.4) is 0 Å². The molecule has 0 saturated carbocycles. The summed E-state index contributed by atoms with van der Waals surface area (Å²) in [4.78, 5) is 12.2. The fourth-order valence-corrected chi connectivity index (χ4v) is 3.95. The molecule has 0 aliphatic heterocycles. The molecule has 0 fully saturated rings. The van der Waals surface area contributed by atoms with Crippen LogP contribution in [0, 0.1) is 6.92 Å². The quantitative estimate of drug-likeness (QED) is 0.391. The molecule has 1 unspecified atom stereocenters. The number of rotatable bonds is 5. The van der Waals surface area contributed by atoms with Crippen LogP contribution in [-0.2, 0) is 9.53 Å². The summed E-state index contributed by atoms with van der Waals surface area (Å²) >= 11 is 6.16. The zero-order valence-electron chi connectivity index (χ0n) is 18.5. The maximum atomic E-state index is 12.2. The molecule has 0 aliphatic carbocycles. The largest absolute Gasteiger partial charge is 0.360 e. The predicted octanol–water partition coefficient (Wildman–Crippen LogP) is 7.95. The van der Waals surface area contributed by atoms with Crippen molar-refractivity contribution >= 4 is 34.7 Å². The van der Waals surface area contributed by atoms with Crippen molar-refractivity contribution in [2.75, 3.05) is 0 Å². The average molecular weight is 421 g/mol. The van der Waals surface area contributed by atoms with Gasteiger partial charge < -0.3 is 9.53 Å². The van der Waals surface area contributed by atoms with Crippen molar-refractivity contribution in [3.8, 4) is 11.1 Å². The van der Waals surface area contributed by atoms with Crippen LogP contribution in [-0.4, -0.2) is 11.9 Å². The Bertz CT molecular complexity index is 1100. The smallest absolute Gasteiger partial charge is 0.153 e. The van der Waals surface area contributed by atoms with Gasteiger partial charge in [-0.15, -0.1) is 0 Å². The standard InChI is InChI=1S/C27H29ClO2/c1-17(2)13-19-7-8-21-14-18(3)25(24(16-29)30-27(4,5)6)26(23(21)15-19)20-9-11-22(28)12-10-20/h7-16,24H,1-6H3. The van der Waals surface area contributed by atoms with E-state index in [0.717, 1.165) is 44.9 Å². The summed E-state index contributed by atoms with van der Waals surface area (Å²) in [6.45, 7) is 12.1. The Morgan fingerprint density at radius 3 is 2.27 bits per heavy atom. The SMILES string of the molecule is CC(C)=Cc1ccc2cc(C)c(C(C=O)OC(C)(C)C)c(-c3ccc(Cl)cc3)c2c1. The first-order chi connectivity index (χ1) is 14.1. The van der Waals surface area contributed by atoms with E-state index in [2.05, 4.69) is 44.2 Å². The highest BCUT2D eigenvalue weighted by molar-refractivity contribution is 6.30. The molecule has 3 rings (SSSR count). The van der Waals surface area contributed by atoms with Crippen LogP contribution in [0.15, 0.2) is 54.1 Å². The topological polar surface area (TPSA) is 26.3 Å². The van der Waals surface area contributed by atoms with Crippen LogP contribution in [0.1, 0.15) is 57.4 Å². The zero-order valence-corrected chi connectivity index (χ0v) is 19.3. The van der Waals surface area contributed by atoms with E-state index in [9.17, 15) is 4.79 Å². The molecule has 0 radical (unpaired) electrons. The molecular weight excluding hydrogens is 392 g/mol. The summed E-state index contributed by atoms with van der Waals surface area (Å²) in [5.41, 5.74) is 5.89. The first-order valence-electron chi connectivity index (χ1n) is 10.2. The molecule has 0 spiro atoms. The second-order valence-corrected chi connectivity index (χ2v) is 9.41. The summed E-state index contributed by atoms with van der Waals surface area (Å²) in [7, 11) is 0. The Kier molecular flexibility index (Phi) is 6.50. The van der Waals surface area contributed by atoms with Gasteiger partial charge in [0, 0.05) is 5.02 Å². The monoisotopic (exact) mass is 420 g/mol. The number of fused-ring (bicyclic) bond motifs is 1. The Balaban J connectivity index is 2.39. The van der Waals surface area contributed by atoms with E-state index < -0.39 is 11.7 Å². The van der Waals surface area contributed by atoms with Gasteiger partial charge in [-0.05, 0) is 98.3 Å². The summed E-state index contributed by atoms with van der Waals surface area (Å²) < 4.78 is 6.18. The van der Waals surface area contributed by atoms with Gasteiger partial charge >= 0.3 is 0 Å². The third-order valence-electron chi connectivity index (χ3n) is 4.89. The van der Waals surface area contributed by atoms with Crippen LogP contribution in [0.5, 0.6) is 0 Å². The van der Waals surface area contributed by atoms with Crippen LogP contribution in [0.2, 0.25) is 5.02 Å². The fraction of sp³-hybridized carbons (Fsp3) is 0.296. The van der Waals surface area contributed by atoms with Crippen LogP contribution in [0.25, 0.3) is 28.0 Å². The highest BCUT2D eigenvalue weighted by Gasteiger charge is 2.26. The van der Waals surface area contributed by atoms with E-state index in [1.165, 1.54) is 5.57 Å². The molecule has 30 heavy (non-hydrogen) atoms. The Morgan fingerprint density at radius 2 is 1.70 bits per heavy atom. The van der Waals surface area contributed by atoms with Crippen molar-refractivity contribution in [3.05, 3.63) is 75.8 Å². The molecule has 0 aliphatic rings. The van der Waals surface area contributed by atoms with Gasteiger partial charge in [0.2, 0.25) is 0 Å². The van der Waals surface area contributed by atoms with Crippen molar-refractivity contribution in [1.29, 1.82) is 0 Å². The molecule has 2 nitrogen and oxygen atoms in total. The molecule has 0 bridgehead atoms. The van der Waals surface area contributed by atoms with Gasteiger partial charge in [-0.25, -0.2) is 0 Å². The lowest BCUT2D eigenvalue weighted by Gasteiger charge is -2.28. The van der Waals surface area contributed by atoms with Gasteiger partial charge in [0.15, 0.2) is 6.29 Å². The lowest BCUT2D eigenvalue weighted by molar-refractivity contribution is -0.128. The number of halogens is 1. The van der Waals surface area contributed by atoms with Crippen LogP contribution >= 0.6 is 11.6 Å². The number of carbonyl (C=O) groups is 1. The number of allylic oxidation sites excluding steroid dienone is 1.